The van der Waals surface area contributed by atoms with E-state index in [0.29, 0.717) is 5.52 Å². The highest BCUT2D eigenvalue weighted by Gasteiger charge is 2.20. The van der Waals surface area contributed by atoms with Crippen molar-refractivity contribution in [1.82, 2.24) is 24.9 Å². The number of carbonyl (C=O) groups excluding carboxylic acids is 1. The van der Waals surface area contributed by atoms with E-state index in [1.807, 2.05) is 59.7 Å². The number of nitrogens with zero attached hydrogens (tertiary/aromatic N) is 4. The quantitative estimate of drug-likeness (QED) is 0.737. The van der Waals surface area contributed by atoms with E-state index >= 15 is 0 Å². The van der Waals surface area contributed by atoms with Crippen molar-refractivity contribution in [1.29, 1.82) is 0 Å². The predicted octanol–water partition coefficient (Wildman–Crippen LogP) is 2.85. The van der Waals surface area contributed by atoms with Gasteiger partial charge < -0.3 is 5.32 Å². The summed E-state index contributed by atoms with van der Waals surface area (Å²) in [5.74, 6) is -0.157. The topological polar surface area (TPSA) is 81.8 Å². The molecule has 7 nitrogen and oxygen atoms in total. The molecule has 0 atom stereocenters. The van der Waals surface area contributed by atoms with E-state index in [-0.39, 0.29) is 30.0 Å². The minimum absolute atomic E-state index is 0.00226. The standard InChI is InChI=1S/C21H27N5O2/c1-12(2)19-17-10-22-26(16-8-7-14(5)15(6)9-16)20(17)21(28)25(24-19)11-18(27)23-13(3)4/h7-10,12-13H,11H2,1-6H3,(H,23,27). The highest BCUT2D eigenvalue weighted by molar-refractivity contribution is 5.82. The minimum atomic E-state index is -0.325. The summed E-state index contributed by atoms with van der Waals surface area (Å²) in [6, 6.07) is 5.96. The van der Waals surface area contributed by atoms with Gasteiger partial charge in [-0.05, 0) is 56.9 Å². The lowest BCUT2D eigenvalue weighted by Gasteiger charge is -2.13. The third-order valence-electron chi connectivity index (χ3n) is 4.74. The first-order chi connectivity index (χ1) is 13.2. The summed E-state index contributed by atoms with van der Waals surface area (Å²) in [7, 11) is 0. The SMILES string of the molecule is Cc1ccc(-n2ncc3c(C(C)C)nn(CC(=O)NC(C)C)c(=O)c32)cc1C. The molecule has 0 unspecified atom stereocenters. The Bertz CT molecular complexity index is 1090. The molecule has 1 amide bonds. The van der Waals surface area contributed by atoms with E-state index in [0.717, 1.165) is 22.3 Å². The van der Waals surface area contributed by atoms with Crippen LogP contribution in [0.1, 0.15) is 50.4 Å². The number of aryl methyl sites for hydroxylation is 2. The summed E-state index contributed by atoms with van der Waals surface area (Å²) in [4.78, 5) is 25.4. The van der Waals surface area contributed by atoms with Crippen LogP contribution in [-0.2, 0) is 11.3 Å². The van der Waals surface area contributed by atoms with Crippen LogP contribution in [0.15, 0.2) is 29.2 Å². The maximum atomic E-state index is 13.2. The maximum Gasteiger partial charge on any atom is 0.293 e. The number of amides is 1. The molecule has 0 radical (unpaired) electrons. The number of fused-ring (bicyclic) bond motifs is 1. The zero-order chi connectivity index (χ0) is 20.6. The predicted molar refractivity (Wildman–Crippen MR) is 110 cm³/mol. The van der Waals surface area contributed by atoms with Gasteiger partial charge in [-0.15, -0.1) is 0 Å². The number of benzene rings is 1. The zero-order valence-corrected chi connectivity index (χ0v) is 17.3. The lowest BCUT2D eigenvalue weighted by atomic mass is 10.1. The summed E-state index contributed by atoms with van der Waals surface area (Å²) in [6.45, 7) is 11.7. The van der Waals surface area contributed by atoms with Gasteiger partial charge in [0.1, 0.15) is 12.1 Å². The van der Waals surface area contributed by atoms with Crippen molar-refractivity contribution in [3.63, 3.8) is 0 Å². The van der Waals surface area contributed by atoms with Crippen molar-refractivity contribution in [2.24, 2.45) is 0 Å². The average molecular weight is 381 g/mol. The fraction of sp³-hybridized carbons (Fsp3) is 0.429. The fourth-order valence-corrected chi connectivity index (χ4v) is 3.18. The number of hydrogen-bond acceptors (Lipinski definition) is 4. The van der Waals surface area contributed by atoms with Crippen molar-refractivity contribution in [3.8, 4) is 5.69 Å². The van der Waals surface area contributed by atoms with Gasteiger partial charge in [0, 0.05) is 11.4 Å². The highest BCUT2D eigenvalue weighted by atomic mass is 16.2. The second kappa shape index (κ2) is 7.58. The van der Waals surface area contributed by atoms with Gasteiger partial charge in [-0.3, -0.25) is 9.59 Å². The van der Waals surface area contributed by atoms with E-state index in [1.54, 1.807) is 10.9 Å². The van der Waals surface area contributed by atoms with Gasteiger partial charge in [0.05, 0.1) is 17.6 Å². The van der Waals surface area contributed by atoms with Crippen LogP contribution < -0.4 is 10.9 Å². The zero-order valence-electron chi connectivity index (χ0n) is 17.3. The normalized spacial score (nSPS) is 11.6. The molecule has 7 heteroatoms. The molecule has 0 fully saturated rings. The molecule has 0 spiro atoms. The number of nitrogens with one attached hydrogen (secondary N) is 1. The molecule has 0 bridgehead atoms. The number of rotatable bonds is 5. The Morgan fingerprint density at radius 1 is 1.14 bits per heavy atom. The molecule has 2 heterocycles. The van der Waals surface area contributed by atoms with Crippen LogP contribution in [0.5, 0.6) is 0 Å². The number of carbonyl (C=O) groups is 1. The first-order valence-corrected chi connectivity index (χ1v) is 9.54. The maximum absolute atomic E-state index is 13.2. The van der Waals surface area contributed by atoms with Gasteiger partial charge >= 0.3 is 0 Å². The molecule has 1 N–H and O–H groups in total. The van der Waals surface area contributed by atoms with E-state index < -0.39 is 0 Å². The number of aromatic nitrogens is 4. The Morgan fingerprint density at radius 3 is 2.46 bits per heavy atom. The van der Waals surface area contributed by atoms with E-state index in [4.69, 9.17) is 0 Å². The summed E-state index contributed by atoms with van der Waals surface area (Å²) >= 11 is 0. The molecule has 0 aliphatic rings. The van der Waals surface area contributed by atoms with Crippen molar-refractivity contribution >= 4 is 16.8 Å². The fourth-order valence-electron chi connectivity index (χ4n) is 3.18. The molecular formula is C21H27N5O2. The Balaban J connectivity index is 2.21. The number of hydrogen-bond donors (Lipinski definition) is 1. The third kappa shape index (κ3) is 3.69. The van der Waals surface area contributed by atoms with Gasteiger partial charge in [0.25, 0.3) is 5.56 Å². The molecule has 0 aliphatic heterocycles. The van der Waals surface area contributed by atoms with Crippen LogP contribution in [0, 0.1) is 13.8 Å². The van der Waals surface area contributed by atoms with E-state index in [1.165, 1.54) is 10.2 Å². The second-order valence-corrected chi connectivity index (χ2v) is 7.81. The van der Waals surface area contributed by atoms with Crippen LogP contribution >= 0.6 is 0 Å². The first-order valence-electron chi connectivity index (χ1n) is 9.54. The van der Waals surface area contributed by atoms with Gasteiger partial charge in [-0.1, -0.05) is 19.9 Å². The summed E-state index contributed by atoms with van der Waals surface area (Å²) in [6.07, 6.45) is 1.69. The van der Waals surface area contributed by atoms with Crippen LogP contribution in [0.2, 0.25) is 0 Å². The first kappa shape index (κ1) is 19.8. The smallest absolute Gasteiger partial charge is 0.293 e. The average Bonchev–Trinajstić information content (AvgIpc) is 3.04. The Morgan fingerprint density at radius 2 is 1.86 bits per heavy atom. The third-order valence-corrected chi connectivity index (χ3v) is 4.74. The Labute approximate surface area is 164 Å². The highest BCUT2D eigenvalue weighted by Crippen LogP contribution is 2.23. The molecule has 2 aromatic heterocycles. The van der Waals surface area contributed by atoms with Crippen molar-refractivity contribution in [3.05, 3.63) is 51.6 Å². The second-order valence-electron chi connectivity index (χ2n) is 7.81. The van der Waals surface area contributed by atoms with Crippen molar-refractivity contribution in [2.75, 3.05) is 0 Å². The van der Waals surface area contributed by atoms with E-state index in [2.05, 4.69) is 15.5 Å². The molecule has 148 valence electrons. The van der Waals surface area contributed by atoms with Crippen LogP contribution in [0.3, 0.4) is 0 Å². The van der Waals surface area contributed by atoms with E-state index in [9.17, 15) is 9.59 Å². The molecule has 0 saturated carbocycles. The lowest BCUT2D eigenvalue weighted by molar-refractivity contribution is -0.122. The molecule has 28 heavy (non-hydrogen) atoms. The van der Waals surface area contributed by atoms with Gasteiger partial charge in [-0.25, -0.2) is 9.36 Å². The van der Waals surface area contributed by atoms with Crippen molar-refractivity contribution < 1.29 is 4.79 Å². The van der Waals surface area contributed by atoms with Crippen molar-refractivity contribution in [2.45, 2.75) is 60.0 Å². The van der Waals surface area contributed by atoms with Gasteiger partial charge in [-0.2, -0.15) is 10.2 Å². The van der Waals surface area contributed by atoms with Crippen LogP contribution in [-0.4, -0.2) is 31.5 Å². The van der Waals surface area contributed by atoms with Crippen LogP contribution in [0.25, 0.3) is 16.6 Å². The largest absolute Gasteiger partial charge is 0.352 e. The lowest BCUT2D eigenvalue weighted by Crippen LogP contribution is -2.37. The summed E-state index contributed by atoms with van der Waals surface area (Å²) < 4.78 is 2.89. The molecule has 3 aromatic rings. The monoisotopic (exact) mass is 381 g/mol. The van der Waals surface area contributed by atoms with Gasteiger partial charge in [0.2, 0.25) is 5.91 Å². The van der Waals surface area contributed by atoms with Gasteiger partial charge in [0.15, 0.2) is 0 Å². The Kier molecular flexibility index (Phi) is 5.36. The molecule has 0 aliphatic carbocycles. The Hall–Kier alpha value is -2.96. The molecule has 0 saturated heterocycles. The molecule has 1 aromatic carbocycles. The van der Waals surface area contributed by atoms with Crippen LogP contribution in [0.4, 0.5) is 0 Å². The summed E-state index contributed by atoms with van der Waals surface area (Å²) in [5.41, 5.74) is 3.98. The molecular weight excluding hydrogens is 354 g/mol. The summed E-state index contributed by atoms with van der Waals surface area (Å²) in [5, 5.41) is 12.5. The minimum Gasteiger partial charge on any atom is -0.352 e. The molecule has 3 rings (SSSR count).